The number of ether oxygens (including phenoxy) is 1. The minimum Gasteiger partial charge on any atom is -0.490 e. The van der Waals surface area contributed by atoms with Crippen LogP contribution in [0.15, 0.2) is 48.8 Å². The van der Waals surface area contributed by atoms with Crippen molar-refractivity contribution in [1.82, 2.24) is 29.4 Å². The van der Waals surface area contributed by atoms with Crippen LogP contribution < -0.4 is 9.64 Å². The number of carbonyl (C=O) groups is 2. The second-order valence-electron chi connectivity index (χ2n) is 16.9. The monoisotopic (exact) mass is 767 g/mol. The van der Waals surface area contributed by atoms with E-state index in [1.807, 2.05) is 11.0 Å². The van der Waals surface area contributed by atoms with Gasteiger partial charge in [0, 0.05) is 86.9 Å². The number of halogens is 2. The molecule has 1 saturated heterocycles. The van der Waals surface area contributed by atoms with E-state index in [0.29, 0.717) is 42.2 Å². The topological polar surface area (TPSA) is 109 Å². The molecule has 0 unspecified atom stereocenters. The number of carbonyl (C=O) groups excluding carboxylic acids is 1. The zero-order valence-corrected chi connectivity index (χ0v) is 32.3. The van der Waals surface area contributed by atoms with Crippen molar-refractivity contribution in [3.05, 3.63) is 76.7 Å². The Kier molecular flexibility index (Phi) is 9.62. The molecule has 0 radical (unpaired) electrons. The summed E-state index contributed by atoms with van der Waals surface area (Å²) in [5.74, 6) is 0.655. The van der Waals surface area contributed by atoms with E-state index >= 15 is 0 Å². The minimum atomic E-state index is -2.64. The molecule has 5 aliphatic rings. The fourth-order valence-electron chi connectivity index (χ4n) is 10.4. The summed E-state index contributed by atoms with van der Waals surface area (Å²) in [6.07, 6.45) is 12.3. The number of alkyl halides is 2. The van der Waals surface area contributed by atoms with Crippen LogP contribution in [0.2, 0.25) is 0 Å². The number of carboxylic acids is 1. The van der Waals surface area contributed by atoms with Crippen LogP contribution in [-0.4, -0.2) is 84.7 Å². The molecule has 3 aliphatic heterocycles. The number of anilines is 2. The van der Waals surface area contributed by atoms with E-state index in [1.165, 1.54) is 31.4 Å². The predicted molar refractivity (Wildman–Crippen MR) is 208 cm³/mol. The van der Waals surface area contributed by atoms with Crippen molar-refractivity contribution in [1.29, 1.82) is 0 Å². The molecule has 1 spiro atoms. The zero-order valence-electron chi connectivity index (χ0n) is 32.3. The summed E-state index contributed by atoms with van der Waals surface area (Å²) in [4.78, 5) is 30.5. The zero-order chi connectivity index (χ0) is 38.7. The molecule has 13 heteroatoms. The minimum absolute atomic E-state index is 0.00131. The highest BCUT2D eigenvalue weighted by atomic mass is 19.3. The van der Waals surface area contributed by atoms with Crippen LogP contribution in [-0.2, 0) is 31.2 Å². The first-order valence-corrected chi connectivity index (χ1v) is 20.4. The fraction of sp³-hybridized carbons (Fsp3) is 0.535. The lowest BCUT2D eigenvalue weighted by molar-refractivity contribution is -0.129. The van der Waals surface area contributed by atoms with Crippen LogP contribution in [0.25, 0.3) is 11.1 Å². The van der Waals surface area contributed by atoms with Gasteiger partial charge >= 0.3 is 5.97 Å². The van der Waals surface area contributed by atoms with E-state index in [0.717, 1.165) is 86.4 Å². The molecular weight excluding hydrogens is 717 g/mol. The van der Waals surface area contributed by atoms with Gasteiger partial charge in [0.2, 0.25) is 5.91 Å². The third-order valence-corrected chi connectivity index (χ3v) is 13.5. The normalized spacial score (nSPS) is 24.2. The molecule has 9 rings (SSSR count). The van der Waals surface area contributed by atoms with Gasteiger partial charge in [0.1, 0.15) is 5.75 Å². The molecule has 0 bridgehead atoms. The maximum Gasteiger partial charge on any atom is 0.335 e. The van der Waals surface area contributed by atoms with Crippen LogP contribution >= 0.6 is 0 Å². The first-order valence-electron chi connectivity index (χ1n) is 20.4. The lowest BCUT2D eigenvalue weighted by Gasteiger charge is -2.52. The molecule has 5 heterocycles. The maximum atomic E-state index is 14.7. The van der Waals surface area contributed by atoms with Crippen LogP contribution in [0.1, 0.15) is 110 Å². The number of rotatable bonds is 8. The van der Waals surface area contributed by atoms with E-state index in [2.05, 4.69) is 19.6 Å². The quantitative estimate of drug-likeness (QED) is 0.194. The lowest BCUT2D eigenvalue weighted by atomic mass is 9.58. The molecule has 296 valence electrons. The average molecular weight is 768 g/mol. The van der Waals surface area contributed by atoms with Gasteiger partial charge in [-0.2, -0.15) is 10.2 Å². The van der Waals surface area contributed by atoms with Gasteiger partial charge in [-0.3, -0.25) is 14.2 Å². The van der Waals surface area contributed by atoms with E-state index < -0.39 is 12.4 Å². The Morgan fingerprint density at radius 1 is 0.964 bits per heavy atom. The van der Waals surface area contributed by atoms with E-state index in [9.17, 15) is 23.5 Å². The Morgan fingerprint density at radius 3 is 2.38 bits per heavy atom. The summed E-state index contributed by atoms with van der Waals surface area (Å²) in [5, 5.41) is 18.8. The Balaban J connectivity index is 0.886. The molecule has 2 saturated carbocycles. The number of nitrogens with zero attached hydrogens (tertiary/aromatic N) is 7. The van der Waals surface area contributed by atoms with Gasteiger partial charge in [-0.1, -0.05) is 0 Å². The van der Waals surface area contributed by atoms with Gasteiger partial charge in [0.15, 0.2) is 5.82 Å². The van der Waals surface area contributed by atoms with Crippen LogP contribution in [0, 0.1) is 5.41 Å². The summed E-state index contributed by atoms with van der Waals surface area (Å²) in [6.45, 7) is 5.47. The summed E-state index contributed by atoms with van der Waals surface area (Å²) in [5.41, 5.74) is 5.89. The second-order valence-corrected chi connectivity index (χ2v) is 16.9. The molecule has 2 aromatic heterocycles. The number of hydrogen-bond acceptors (Lipinski definition) is 7. The van der Waals surface area contributed by atoms with Gasteiger partial charge < -0.3 is 24.5 Å². The molecule has 4 aromatic rings. The van der Waals surface area contributed by atoms with Crippen molar-refractivity contribution in [2.45, 2.75) is 109 Å². The van der Waals surface area contributed by atoms with Crippen molar-refractivity contribution in [3.8, 4) is 16.9 Å². The number of aromatic nitrogens is 4. The summed E-state index contributed by atoms with van der Waals surface area (Å²) >= 11 is 0. The van der Waals surface area contributed by atoms with Gasteiger partial charge in [0.25, 0.3) is 6.43 Å². The Morgan fingerprint density at radius 2 is 1.71 bits per heavy atom. The van der Waals surface area contributed by atoms with Crippen LogP contribution in [0.4, 0.5) is 20.3 Å². The van der Waals surface area contributed by atoms with E-state index in [1.54, 1.807) is 61.4 Å². The molecule has 56 heavy (non-hydrogen) atoms. The van der Waals surface area contributed by atoms with E-state index in [-0.39, 0.29) is 29.2 Å². The highest BCUT2D eigenvalue weighted by molar-refractivity contribution is 5.87. The first kappa shape index (κ1) is 36.8. The van der Waals surface area contributed by atoms with Crippen molar-refractivity contribution >= 4 is 23.4 Å². The molecule has 1 N–H and O–H groups in total. The van der Waals surface area contributed by atoms with Gasteiger partial charge in [-0.15, -0.1) is 0 Å². The number of piperidine rings is 1. The van der Waals surface area contributed by atoms with Crippen molar-refractivity contribution in [2.24, 2.45) is 12.5 Å². The smallest absolute Gasteiger partial charge is 0.335 e. The number of aromatic carboxylic acids is 1. The van der Waals surface area contributed by atoms with E-state index in [4.69, 9.17) is 9.84 Å². The van der Waals surface area contributed by atoms with Crippen molar-refractivity contribution in [2.75, 3.05) is 31.1 Å². The largest absolute Gasteiger partial charge is 0.490 e. The third-order valence-electron chi connectivity index (χ3n) is 13.5. The summed E-state index contributed by atoms with van der Waals surface area (Å²) in [7, 11) is 1.79. The van der Waals surface area contributed by atoms with Crippen LogP contribution in [0.3, 0.4) is 0 Å². The molecule has 2 aromatic carbocycles. The summed E-state index contributed by atoms with van der Waals surface area (Å²) in [6, 6.07) is 11.1. The van der Waals surface area contributed by atoms with Gasteiger partial charge in [0.05, 0.1) is 30.5 Å². The molecule has 0 atom stereocenters. The molecule has 1 amide bonds. The fourth-order valence-corrected chi connectivity index (χ4v) is 10.4. The lowest BCUT2D eigenvalue weighted by Crippen LogP contribution is -2.50. The maximum absolute atomic E-state index is 14.7. The number of carboxylic acid groups (broad SMARTS) is 1. The number of aryl methyl sites for hydroxylation is 2. The average Bonchev–Trinajstić information content (AvgIpc) is 3.80. The highest BCUT2D eigenvalue weighted by Crippen LogP contribution is 2.53. The molecule has 3 fully saturated rings. The highest BCUT2D eigenvalue weighted by Gasteiger charge is 2.48. The van der Waals surface area contributed by atoms with Crippen molar-refractivity contribution in [3.63, 3.8) is 0 Å². The standard InChI is InChI=1S/C43H51F2N7O4/c1-27(53)50-19-13-38-37(26-50)41(51-16-3-4-29-20-35(30-24-46-48(2)25-30)36(40(44)45)21-39(29)51)47-52(38)32-11-17-49(18-12-32)31-9-14-43(15-10-31)22-34(23-43)56-33-7-5-28(6-8-33)42(54)55/h5-8,20-21,24-25,31-32,34,40H,3-4,9-19,22-23,26H2,1-2H3,(H,54,55). The number of amides is 1. The number of likely N-dealkylation sites (tertiary alicyclic amines) is 1. The Bertz CT molecular complexity index is 2110. The number of hydrogen-bond donors (Lipinski definition) is 1. The van der Waals surface area contributed by atoms with Gasteiger partial charge in [-0.05, 0) is 117 Å². The SMILES string of the molecule is CC(=O)N1CCc2c(c(N3CCCc4cc(-c5cnn(C)c5)c(C(F)F)cc43)nn2C2CCN(C3CCC4(CC3)CC(Oc3ccc(C(=O)O)cc3)C4)CC2)C1. The molecular formula is C43H51F2N7O4. The van der Waals surface area contributed by atoms with Gasteiger partial charge in [-0.25, -0.2) is 13.6 Å². The van der Waals surface area contributed by atoms with Crippen LogP contribution in [0.5, 0.6) is 5.75 Å². The first-order chi connectivity index (χ1) is 27.0. The van der Waals surface area contributed by atoms with Crippen molar-refractivity contribution < 1.29 is 28.2 Å². The summed E-state index contributed by atoms with van der Waals surface area (Å²) < 4.78 is 39.5. The predicted octanol–water partition coefficient (Wildman–Crippen LogP) is 7.72. The number of fused-ring (bicyclic) bond motifs is 2. The molecule has 2 aliphatic carbocycles. The Hall–Kier alpha value is -4.78. The Labute approximate surface area is 326 Å². The third kappa shape index (κ3) is 6.85. The molecule has 11 nitrogen and oxygen atoms in total. The number of benzene rings is 2. The second kappa shape index (κ2) is 14.6.